The lowest BCUT2D eigenvalue weighted by Gasteiger charge is -2.07. The molecule has 3 aromatic rings. The number of carbonyl (C=O) groups excluding carboxylic acids is 1. The van der Waals surface area contributed by atoms with Crippen molar-refractivity contribution in [1.82, 2.24) is 5.16 Å². The molecule has 0 N–H and O–H groups in total. The molecule has 0 saturated heterocycles. The van der Waals surface area contributed by atoms with Crippen LogP contribution in [-0.4, -0.2) is 17.7 Å². The second kappa shape index (κ2) is 7.81. The Morgan fingerprint density at radius 1 is 1.16 bits per heavy atom. The summed E-state index contributed by atoms with van der Waals surface area (Å²) in [5.74, 6) is -0.307. The van der Waals surface area contributed by atoms with Crippen molar-refractivity contribution in [2.75, 3.05) is 6.61 Å². The molecule has 25 heavy (non-hydrogen) atoms. The first-order valence-electron chi connectivity index (χ1n) is 7.36. The lowest BCUT2D eigenvalue weighted by atomic mass is 10.2. The quantitative estimate of drug-likeness (QED) is 0.614. The molecule has 0 radical (unpaired) electrons. The van der Waals surface area contributed by atoms with E-state index in [2.05, 4.69) is 5.16 Å². The van der Waals surface area contributed by atoms with Gasteiger partial charge in [0.2, 0.25) is 0 Å². The smallest absolute Gasteiger partial charge is 0.344 e. The zero-order valence-electron chi connectivity index (χ0n) is 12.9. The third kappa shape index (κ3) is 4.58. The van der Waals surface area contributed by atoms with E-state index in [-0.39, 0.29) is 24.0 Å². The molecule has 0 unspecified atom stereocenters. The first-order valence-corrected chi connectivity index (χ1v) is 7.74. The van der Waals surface area contributed by atoms with Crippen LogP contribution in [0.4, 0.5) is 4.39 Å². The second-order valence-electron chi connectivity index (χ2n) is 5.07. The van der Waals surface area contributed by atoms with Crippen LogP contribution in [0, 0.1) is 5.82 Å². The van der Waals surface area contributed by atoms with Crippen LogP contribution in [0.2, 0.25) is 5.02 Å². The molecule has 1 heterocycles. The van der Waals surface area contributed by atoms with Gasteiger partial charge in [0, 0.05) is 11.6 Å². The van der Waals surface area contributed by atoms with E-state index in [1.54, 1.807) is 6.07 Å². The standard InChI is InChI=1S/C18H13ClFNO4/c19-15-8-13(20)6-7-16(15)23-11-18(22)24-10-14-9-17(25-21-14)12-4-2-1-3-5-12/h1-9H,10-11H2. The van der Waals surface area contributed by atoms with Crippen molar-refractivity contribution < 1.29 is 23.2 Å². The highest BCUT2D eigenvalue weighted by molar-refractivity contribution is 6.32. The van der Waals surface area contributed by atoms with Crippen LogP contribution in [0.25, 0.3) is 11.3 Å². The summed E-state index contributed by atoms with van der Waals surface area (Å²) in [4.78, 5) is 11.7. The SMILES string of the molecule is O=C(COc1ccc(F)cc1Cl)OCc1cc(-c2ccccc2)on1. The van der Waals surface area contributed by atoms with Crippen LogP contribution >= 0.6 is 11.6 Å². The number of aromatic nitrogens is 1. The molecule has 0 fully saturated rings. The predicted molar refractivity (Wildman–Crippen MR) is 88.6 cm³/mol. The third-order valence-corrected chi connectivity index (χ3v) is 3.53. The monoisotopic (exact) mass is 361 g/mol. The summed E-state index contributed by atoms with van der Waals surface area (Å²) in [6.45, 7) is -0.398. The first-order chi connectivity index (χ1) is 12.1. The van der Waals surface area contributed by atoms with Crippen molar-refractivity contribution in [1.29, 1.82) is 0 Å². The minimum Gasteiger partial charge on any atom is -0.480 e. The van der Waals surface area contributed by atoms with Crippen LogP contribution in [0.15, 0.2) is 59.1 Å². The second-order valence-corrected chi connectivity index (χ2v) is 5.48. The Balaban J connectivity index is 1.50. The maximum absolute atomic E-state index is 12.9. The van der Waals surface area contributed by atoms with Crippen LogP contribution in [-0.2, 0) is 16.1 Å². The van der Waals surface area contributed by atoms with Crippen LogP contribution in [0.5, 0.6) is 5.75 Å². The molecule has 0 bridgehead atoms. The molecule has 128 valence electrons. The van der Waals surface area contributed by atoms with E-state index in [4.69, 9.17) is 25.6 Å². The van der Waals surface area contributed by atoms with Crippen molar-refractivity contribution in [2.45, 2.75) is 6.61 Å². The highest BCUT2D eigenvalue weighted by Gasteiger charge is 2.11. The maximum Gasteiger partial charge on any atom is 0.344 e. The summed E-state index contributed by atoms with van der Waals surface area (Å²) < 4.78 is 28.4. The number of nitrogens with zero attached hydrogens (tertiary/aromatic N) is 1. The Labute approximate surface area is 147 Å². The fourth-order valence-electron chi connectivity index (χ4n) is 2.04. The molecule has 0 aliphatic rings. The van der Waals surface area contributed by atoms with Gasteiger partial charge in [-0.3, -0.25) is 0 Å². The average Bonchev–Trinajstić information content (AvgIpc) is 3.09. The lowest BCUT2D eigenvalue weighted by molar-refractivity contribution is -0.147. The number of hydrogen-bond donors (Lipinski definition) is 0. The van der Waals surface area contributed by atoms with Crippen molar-refractivity contribution in [3.63, 3.8) is 0 Å². The van der Waals surface area contributed by atoms with Gasteiger partial charge in [-0.2, -0.15) is 0 Å². The fraction of sp³-hybridized carbons (Fsp3) is 0.111. The van der Waals surface area contributed by atoms with E-state index in [9.17, 15) is 9.18 Å². The average molecular weight is 362 g/mol. The molecule has 0 amide bonds. The van der Waals surface area contributed by atoms with E-state index in [1.807, 2.05) is 30.3 Å². The van der Waals surface area contributed by atoms with E-state index in [0.29, 0.717) is 11.5 Å². The summed E-state index contributed by atoms with van der Waals surface area (Å²) >= 11 is 5.81. The number of esters is 1. The third-order valence-electron chi connectivity index (χ3n) is 3.24. The lowest BCUT2D eigenvalue weighted by Crippen LogP contribution is -2.15. The summed E-state index contributed by atoms with van der Waals surface area (Å²) in [5.41, 5.74) is 1.36. The summed E-state index contributed by atoms with van der Waals surface area (Å²) in [6, 6.07) is 14.8. The first kappa shape index (κ1) is 17.0. The van der Waals surface area contributed by atoms with Gasteiger partial charge in [0.25, 0.3) is 0 Å². The molecule has 3 rings (SSSR count). The zero-order valence-corrected chi connectivity index (χ0v) is 13.7. The van der Waals surface area contributed by atoms with Gasteiger partial charge in [-0.15, -0.1) is 0 Å². The number of ether oxygens (including phenoxy) is 2. The van der Waals surface area contributed by atoms with Crippen molar-refractivity contribution in [3.8, 4) is 17.1 Å². The summed E-state index contributed by atoms with van der Waals surface area (Å²) in [5, 5.41) is 3.93. The topological polar surface area (TPSA) is 61.6 Å². The normalized spacial score (nSPS) is 10.5. The molecule has 1 aromatic heterocycles. The van der Waals surface area contributed by atoms with Gasteiger partial charge in [0.1, 0.15) is 23.9 Å². The number of hydrogen-bond acceptors (Lipinski definition) is 5. The van der Waals surface area contributed by atoms with Gasteiger partial charge in [-0.05, 0) is 18.2 Å². The number of halogens is 2. The minimum absolute atomic E-state index is 0.0460. The molecular weight excluding hydrogens is 349 g/mol. The van der Waals surface area contributed by atoms with E-state index >= 15 is 0 Å². The Bertz CT molecular complexity index is 867. The summed E-state index contributed by atoms with van der Waals surface area (Å²) in [6.07, 6.45) is 0. The minimum atomic E-state index is -0.607. The van der Waals surface area contributed by atoms with E-state index in [1.165, 1.54) is 12.1 Å². The largest absolute Gasteiger partial charge is 0.480 e. The molecule has 0 spiro atoms. The van der Waals surface area contributed by atoms with Gasteiger partial charge >= 0.3 is 5.97 Å². The Kier molecular flexibility index (Phi) is 5.30. The van der Waals surface area contributed by atoms with Crippen molar-refractivity contribution >= 4 is 17.6 Å². The van der Waals surface area contributed by atoms with Gasteiger partial charge in [-0.25, -0.2) is 9.18 Å². The number of carbonyl (C=O) groups is 1. The Morgan fingerprint density at radius 2 is 1.96 bits per heavy atom. The molecule has 0 saturated carbocycles. The Hall–Kier alpha value is -2.86. The van der Waals surface area contributed by atoms with Crippen LogP contribution in [0.1, 0.15) is 5.69 Å². The van der Waals surface area contributed by atoms with Gasteiger partial charge < -0.3 is 14.0 Å². The van der Waals surface area contributed by atoms with Crippen LogP contribution < -0.4 is 4.74 Å². The molecular formula is C18H13ClFNO4. The highest BCUT2D eigenvalue weighted by Crippen LogP contribution is 2.25. The zero-order chi connectivity index (χ0) is 17.6. The summed E-state index contributed by atoms with van der Waals surface area (Å²) in [7, 11) is 0. The fourth-order valence-corrected chi connectivity index (χ4v) is 2.27. The number of benzene rings is 2. The molecule has 0 atom stereocenters. The van der Waals surface area contributed by atoms with E-state index < -0.39 is 11.8 Å². The van der Waals surface area contributed by atoms with E-state index in [0.717, 1.165) is 11.6 Å². The number of rotatable bonds is 6. The molecule has 0 aliphatic heterocycles. The van der Waals surface area contributed by atoms with Gasteiger partial charge in [0.15, 0.2) is 12.4 Å². The van der Waals surface area contributed by atoms with Gasteiger partial charge in [-0.1, -0.05) is 47.1 Å². The maximum atomic E-state index is 12.9. The van der Waals surface area contributed by atoms with Crippen molar-refractivity contribution in [3.05, 3.63) is 71.1 Å². The van der Waals surface area contributed by atoms with Gasteiger partial charge in [0.05, 0.1) is 5.02 Å². The molecule has 7 heteroatoms. The highest BCUT2D eigenvalue weighted by atomic mass is 35.5. The molecule has 5 nitrogen and oxygen atoms in total. The predicted octanol–water partition coefficient (Wildman–Crippen LogP) is 4.26. The van der Waals surface area contributed by atoms with Crippen LogP contribution in [0.3, 0.4) is 0 Å². The van der Waals surface area contributed by atoms with Crippen molar-refractivity contribution in [2.24, 2.45) is 0 Å². The molecule has 2 aromatic carbocycles. The Morgan fingerprint density at radius 3 is 2.72 bits per heavy atom. The molecule has 0 aliphatic carbocycles.